The number of aromatic amines is 1. The Bertz CT molecular complexity index is 461. The van der Waals surface area contributed by atoms with Crippen LogP contribution in [0.15, 0.2) is 0 Å². The van der Waals surface area contributed by atoms with E-state index in [1.165, 1.54) is 5.56 Å². The number of aryl methyl sites for hydroxylation is 2. The first-order valence-electron chi connectivity index (χ1n) is 8.01. The highest BCUT2D eigenvalue weighted by molar-refractivity contribution is 5.76. The number of nitrogens with zero attached hydrogens (tertiary/aromatic N) is 3. The molecule has 0 unspecified atom stereocenters. The van der Waals surface area contributed by atoms with Crippen molar-refractivity contribution in [2.75, 3.05) is 26.2 Å². The van der Waals surface area contributed by atoms with Crippen molar-refractivity contribution >= 4 is 5.91 Å². The highest BCUT2D eigenvalue weighted by Crippen LogP contribution is 2.14. The molecule has 1 N–H and O–H groups in total. The maximum Gasteiger partial charge on any atom is 0.222 e. The van der Waals surface area contributed by atoms with E-state index in [-0.39, 0.29) is 5.91 Å². The van der Waals surface area contributed by atoms with Gasteiger partial charge in [0.1, 0.15) is 0 Å². The molecule has 1 saturated heterocycles. The van der Waals surface area contributed by atoms with E-state index in [1.54, 1.807) is 0 Å². The molecule has 1 aliphatic heterocycles. The number of nitrogens with one attached hydrogen (secondary N) is 1. The number of rotatable bonds is 4. The number of amides is 1. The molecule has 21 heavy (non-hydrogen) atoms. The largest absolute Gasteiger partial charge is 0.341 e. The van der Waals surface area contributed by atoms with Crippen LogP contribution in [0.5, 0.6) is 0 Å². The summed E-state index contributed by atoms with van der Waals surface area (Å²) < 4.78 is 0. The molecule has 0 bridgehead atoms. The van der Waals surface area contributed by atoms with E-state index in [4.69, 9.17) is 0 Å². The van der Waals surface area contributed by atoms with Gasteiger partial charge in [-0.1, -0.05) is 0 Å². The van der Waals surface area contributed by atoms with Gasteiger partial charge in [-0.2, -0.15) is 5.10 Å². The molecule has 1 aromatic rings. The summed E-state index contributed by atoms with van der Waals surface area (Å²) in [5.74, 6) is 0.278. The zero-order chi connectivity index (χ0) is 15.4. The lowest BCUT2D eigenvalue weighted by Gasteiger charge is -2.25. The normalized spacial score (nSPS) is 17.3. The smallest absolute Gasteiger partial charge is 0.222 e. The minimum atomic E-state index is 0.278. The average molecular weight is 292 g/mol. The van der Waals surface area contributed by atoms with Crippen molar-refractivity contribution in [3.8, 4) is 0 Å². The van der Waals surface area contributed by atoms with Crippen LogP contribution in [0.2, 0.25) is 0 Å². The molecule has 5 heteroatoms. The third-order valence-electron chi connectivity index (χ3n) is 4.48. The van der Waals surface area contributed by atoms with Crippen molar-refractivity contribution in [1.29, 1.82) is 0 Å². The van der Waals surface area contributed by atoms with Crippen LogP contribution in [0.4, 0.5) is 0 Å². The molecule has 0 aliphatic carbocycles. The van der Waals surface area contributed by atoms with Gasteiger partial charge in [0.15, 0.2) is 0 Å². The van der Waals surface area contributed by atoms with Gasteiger partial charge < -0.3 is 4.90 Å². The van der Waals surface area contributed by atoms with Gasteiger partial charge in [0.25, 0.3) is 0 Å². The molecule has 118 valence electrons. The van der Waals surface area contributed by atoms with Gasteiger partial charge >= 0.3 is 0 Å². The zero-order valence-corrected chi connectivity index (χ0v) is 13.8. The second kappa shape index (κ2) is 7.07. The van der Waals surface area contributed by atoms with E-state index < -0.39 is 0 Å². The van der Waals surface area contributed by atoms with Gasteiger partial charge in [-0.05, 0) is 46.1 Å². The molecule has 1 fully saturated rings. The molecule has 2 rings (SSSR count). The molecule has 1 aromatic heterocycles. The maximum atomic E-state index is 12.4. The lowest BCUT2D eigenvalue weighted by molar-refractivity contribution is -0.131. The van der Waals surface area contributed by atoms with E-state index in [9.17, 15) is 4.79 Å². The predicted molar refractivity (Wildman–Crippen MR) is 84.3 cm³/mol. The zero-order valence-electron chi connectivity index (χ0n) is 13.8. The first-order valence-corrected chi connectivity index (χ1v) is 8.01. The molecule has 1 amide bonds. The van der Waals surface area contributed by atoms with Crippen molar-refractivity contribution in [2.45, 2.75) is 53.0 Å². The average Bonchev–Trinajstić information content (AvgIpc) is 2.68. The van der Waals surface area contributed by atoms with Crippen molar-refractivity contribution < 1.29 is 4.79 Å². The Morgan fingerprint density at radius 3 is 2.62 bits per heavy atom. The van der Waals surface area contributed by atoms with Crippen molar-refractivity contribution in [1.82, 2.24) is 20.0 Å². The van der Waals surface area contributed by atoms with E-state index >= 15 is 0 Å². The fraction of sp³-hybridized carbons (Fsp3) is 0.750. The molecule has 0 spiro atoms. The number of hydrogen-bond acceptors (Lipinski definition) is 3. The SMILES string of the molecule is Cc1n[nH]c(C)c1CCC(=O)N1CCCN(C(C)C)CC1. The Balaban J connectivity index is 1.86. The third-order valence-corrected chi connectivity index (χ3v) is 4.48. The van der Waals surface area contributed by atoms with Crippen molar-refractivity contribution in [3.05, 3.63) is 17.0 Å². The number of hydrogen-bond donors (Lipinski definition) is 1. The van der Waals surface area contributed by atoms with Gasteiger partial charge in [-0.15, -0.1) is 0 Å². The summed E-state index contributed by atoms with van der Waals surface area (Å²) in [5, 5.41) is 7.18. The highest BCUT2D eigenvalue weighted by Gasteiger charge is 2.20. The first kappa shape index (κ1) is 16.0. The molecule has 2 heterocycles. The number of carbonyl (C=O) groups excluding carboxylic acids is 1. The Labute approximate surface area is 127 Å². The molecule has 0 saturated carbocycles. The van der Waals surface area contributed by atoms with Gasteiger partial charge in [-0.3, -0.25) is 14.8 Å². The molecular weight excluding hydrogens is 264 g/mol. The Hall–Kier alpha value is -1.36. The van der Waals surface area contributed by atoms with Gasteiger partial charge in [0.2, 0.25) is 5.91 Å². The summed E-state index contributed by atoms with van der Waals surface area (Å²) in [7, 11) is 0. The Morgan fingerprint density at radius 2 is 2.00 bits per heavy atom. The van der Waals surface area contributed by atoms with E-state index in [0.717, 1.165) is 50.4 Å². The summed E-state index contributed by atoms with van der Waals surface area (Å²) in [6.45, 7) is 12.3. The second-order valence-corrected chi connectivity index (χ2v) is 6.28. The minimum Gasteiger partial charge on any atom is -0.341 e. The summed E-state index contributed by atoms with van der Waals surface area (Å²) in [4.78, 5) is 16.9. The monoisotopic (exact) mass is 292 g/mol. The van der Waals surface area contributed by atoms with E-state index in [1.807, 2.05) is 18.7 Å². The minimum absolute atomic E-state index is 0.278. The standard InChI is InChI=1S/C16H28N4O/c1-12(2)19-8-5-9-20(11-10-19)16(21)7-6-15-13(3)17-18-14(15)4/h12H,5-11H2,1-4H3,(H,17,18). The van der Waals surface area contributed by atoms with E-state index in [2.05, 4.69) is 28.9 Å². The van der Waals surface area contributed by atoms with E-state index in [0.29, 0.717) is 12.5 Å². The summed E-state index contributed by atoms with van der Waals surface area (Å²) >= 11 is 0. The van der Waals surface area contributed by atoms with Crippen LogP contribution in [-0.2, 0) is 11.2 Å². The molecular formula is C16H28N4O. The number of aromatic nitrogens is 2. The van der Waals surface area contributed by atoms with Gasteiger partial charge in [0, 0.05) is 44.3 Å². The fourth-order valence-electron chi connectivity index (χ4n) is 3.04. The summed E-state index contributed by atoms with van der Waals surface area (Å²) in [6.07, 6.45) is 2.45. The van der Waals surface area contributed by atoms with Crippen LogP contribution in [0, 0.1) is 13.8 Å². The highest BCUT2D eigenvalue weighted by atomic mass is 16.2. The Kier molecular flexibility index (Phi) is 5.39. The maximum absolute atomic E-state index is 12.4. The Morgan fingerprint density at radius 1 is 1.24 bits per heavy atom. The van der Waals surface area contributed by atoms with Crippen molar-refractivity contribution in [3.63, 3.8) is 0 Å². The van der Waals surface area contributed by atoms with Crippen LogP contribution < -0.4 is 0 Å². The number of carbonyl (C=O) groups is 1. The molecule has 0 radical (unpaired) electrons. The summed E-state index contributed by atoms with van der Waals surface area (Å²) in [6, 6.07) is 0.566. The van der Waals surface area contributed by atoms with Gasteiger partial charge in [0.05, 0.1) is 5.69 Å². The van der Waals surface area contributed by atoms with Crippen LogP contribution >= 0.6 is 0 Å². The molecule has 1 aliphatic rings. The summed E-state index contributed by atoms with van der Waals surface area (Å²) in [5.41, 5.74) is 3.30. The lowest BCUT2D eigenvalue weighted by Crippen LogP contribution is -2.37. The topological polar surface area (TPSA) is 52.2 Å². The molecule has 5 nitrogen and oxygen atoms in total. The predicted octanol–water partition coefficient (Wildman–Crippen LogP) is 1.90. The van der Waals surface area contributed by atoms with Crippen LogP contribution in [-0.4, -0.2) is 58.1 Å². The van der Waals surface area contributed by atoms with Gasteiger partial charge in [-0.25, -0.2) is 0 Å². The number of H-pyrrole nitrogens is 1. The third kappa shape index (κ3) is 4.06. The molecule has 0 atom stereocenters. The quantitative estimate of drug-likeness (QED) is 0.922. The fourth-order valence-corrected chi connectivity index (χ4v) is 3.04. The van der Waals surface area contributed by atoms with Crippen LogP contribution in [0.3, 0.4) is 0 Å². The lowest BCUT2D eigenvalue weighted by atomic mass is 10.1. The second-order valence-electron chi connectivity index (χ2n) is 6.28. The van der Waals surface area contributed by atoms with Crippen LogP contribution in [0.25, 0.3) is 0 Å². The first-order chi connectivity index (χ1) is 9.99. The van der Waals surface area contributed by atoms with Crippen LogP contribution in [0.1, 0.15) is 43.6 Å². The van der Waals surface area contributed by atoms with Crippen molar-refractivity contribution in [2.24, 2.45) is 0 Å². The molecule has 0 aromatic carbocycles.